The molecule has 5 nitrogen and oxygen atoms in total. The van der Waals surface area contributed by atoms with Crippen LogP contribution in [0.4, 0.5) is 4.79 Å². The summed E-state index contributed by atoms with van der Waals surface area (Å²) in [4.78, 5) is 24.7. The molecular formula is C15H19NO4. The molecular weight excluding hydrogens is 258 g/mol. The van der Waals surface area contributed by atoms with Crippen molar-refractivity contribution in [3.8, 4) is 0 Å². The van der Waals surface area contributed by atoms with Gasteiger partial charge < -0.3 is 9.84 Å². The molecule has 1 saturated heterocycles. The van der Waals surface area contributed by atoms with Crippen LogP contribution >= 0.6 is 0 Å². The van der Waals surface area contributed by atoms with Crippen LogP contribution in [0.5, 0.6) is 0 Å². The third kappa shape index (κ3) is 2.76. The fourth-order valence-electron chi connectivity index (χ4n) is 2.50. The summed E-state index contributed by atoms with van der Waals surface area (Å²) in [6.07, 6.45) is 0.237. The maximum Gasteiger partial charge on any atom is 0.411 e. The minimum atomic E-state index is -1.01. The lowest BCUT2D eigenvalue weighted by Crippen LogP contribution is -2.42. The van der Waals surface area contributed by atoms with Gasteiger partial charge in [0, 0.05) is 0 Å². The summed E-state index contributed by atoms with van der Waals surface area (Å²) in [7, 11) is 0. The molecule has 1 aliphatic heterocycles. The number of carbonyl (C=O) groups excluding carboxylic acids is 1. The standard InChI is InChI=1S/C15H19NO4/c1-3-6-12-13(14(17)18)16(15(19)20-12)9-11-8-5-4-7-10(11)2/h4-5,7-8,12-13H,3,6,9H2,1-2H3,(H,17,18)/t12-,13+/m0/s1. The van der Waals surface area contributed by atoms with Gasteiger partial charge in [-0.3, -0.25) is 4.90 Å². The first kappa shape index (κ1) is 14.4. The molecule has 1 fully saturated rings. The van der Waals surface area contributed by atoms with Crippen LogP contribution in [0.1, 0.15) is 30.9 Å². The predicted molar refractivity (Wildman–Crippen MR) is 73.3 cm³/mol. The molecule has 20 heavy (non-hydrogen) atoms. The Balaban J connectivity index is 2.22. The average molecular weight is 277 g/mol. The highest BCUT2D eigenvalue weighted by Crippen LogP contribution is 2.26. The van der Waals surface area contributed by atoms with Crippen molar-refractivity contribution in [3.05, 3.63) is 35.4 Å². The van der Waals surface area contributed by atoms with Crippen LogP contribution in [-0.4, -0.2) is 34.2 Å². The molecule has 5 heteroatoms. The Morgan fingerprint density at radius 3 is 2.70 bits per heavy atom. The van der Waals surface area contributed by atoms with Crippen molar-refractivity contribution in [1.82, 2.24) is 4.90 Å². The summed E-state index contributed by atoms with van der Waals surface area (Å²) in [6, 6.07) is 6.73. The lowest BCUT2D eigenvalue weighted by molar-refractivity contribution is -0.143. The van der Waals surface area contributed by atoms with Gasteiger partial charge in [-0.25, -0.2) is 9.59 Å². The largest absolute Gasteiger partial charge is 0.480 e. The lowest BCUT2D eigenvalue weighted by atomic mass is 10.0. The van der Waals surface area contributed by atoms with Crippen molar-refractivity contribution in [1.29, 1.82) is 0 Å². The van der Waals surface area contributed by atoms with Crippen molar-refractivity contribution in [2.75, 3.05) is 0 Å². The number of nitrogens with zero attached hydrogens (tertiary/aromatic N) is 1. The number of aryl methyl sites for hydroxylation is 1. The Kier molecular flexibility index (Phi) is 4.27. The van der Waals surface area contributed by atoms with Gasteiger partial charge in [0.2, 0.25) is 0 Å². The van der Waals surface area contributed by atoms with Crippen LogP contribution in [0.2, 0.25) is 0 Å². The lowest BCUT2D eigenvalue weighted by Gasteiger charge is -2.21. The summed E-state index contributed by atoms with van der Waals surface area (Å²) < 4.78 is 5.21. The van der Waals surface area contributed by atoms with Crippen molar-refractivity contribution in [3.63, 3.8) is 0 Å². The van der Waals surface area contributed by atoms with E-state index in [1.807, 2.05) is 38.1 Å². The molecule has 0 saturated carbocycles. The second-order valence-electron chi connectivity index (χ2n) is 5.05. The molecule has 0 bridgehead atoms. The minimum absolute atomic E-state index is 0.267. The van der Waals surface area contributed by atoms with E-state index in [4.69, 9.17) is 4.74 Å². The summed E-state index contributed by atoms with van der Waals surface area (Å²) in [5.41, 5.74) is 1.97. The Morgan fingerprint density at radius 2 is 2.10 bits per heavy atom. The molecule has 1 amide bonds. The van der Waals surface area contributed by atoms with E-state index in [9.17, 15) is 14.7 Å². The molecule has 1 aromatic carbocycles. The summed E-state index contributed by atoms with van der Waals surface area (Å²) in [5.74, 6) is -1.01. The van der Waals surface area contributed by atoms with E-state index in [0.29, 0.717) is 6.42 Å². The van der Waals surface area contributed by atoms with E-state index in [1.54, 1.807) is 0 Å². The number of carboxylic acid groups (broad SMARTS) is 1. The van der Waals surface area contributed by atoms with Gasteiger partial charge >= 0.3 is 12.1 Å². The third-order valence-corrected chi connectivity index (χ3v) is 3.60. The monoisotopic (exact) mass is 277 g/mol. The Bertz CT molecular complexity index is 514. The number of aliphatic carboxylic acids is 1. The molecule has 1 N–H and O–H groups in total. The van der Waals surface area contributed by atoms with Crippen LogP contribution in [0, 0.1) is 6.92 Å². The first-order valence-corrected chi connectivity index (χ1v) is 6.79. The average Bonchev–Trinajstić information content (AvgIpc) is 2.69. The second-order valence-corrected chi connectivity index (χ2v) is 5.05. The maximum absolute atomic E-state index is 11.9. The number of amides is 1. The SMILES string of the molecule is CCC[C@@H]1OC(=O)N(Cc2ccccc2C)[C@H]1C(=O)O. The van der Waals surface area contributed by atoms with Gasteiger partial charge in [0.15, 0.2) is 6.04 Å². The first-order valence-electron chi connectivity index (χ1n) is 6.79. The normalized spacial score (nSPS) is 21.9. The highest BCUT2D eigenvalue weighted by atomic mass is 16.6. The van der Waals surface area contributed by atoms with Crippen LogP contribution in [0.25, 0.3) is 0 Å². The molecule has 0 aliphatic carbocycles. The van der Waals surface area contributed by atoms with Crippen LogP contribution < -0.4 is 0 Å². The van der Waals surface area contributed by atoms with Crippen LogP contribution in [-0.2, 0) is 16.1 Å². The highest BCUT2D eigenvalue weighted by Gasteiger charge is 2.45. The van der Waals surface area contributed by atoms with Crippen molar-refractivity contribution < 1.29 is 19.4 Å². The molecule has 0 spiro atoms. The molecule has 108 valence electrons. The minimum Gasteiger partial charge on any atom is -0.480 e. The van der Waals surface area contributed by atoms with Gasteiger partial charge in [-0.2, -0.15) is 0 Å². The Labute approximate surface area is 118 Å². The maximum atomic E-state index is 11.9. The van der Waals surface area contributed by atoms with E-state index in [1.165, 1.54) is 4.90 Å². The first-order chi connectivity index (χ1) is 9.54. The van der Waals surface area contributed by atoms with Crippen LogP contribution in [0.15, 0.2) is 24.3 Å². The van der Waals surface area contributed by atoms with Gasteiger partial charge in [-0.1, -0.05) is 37.6 Å². The summed E-state index contributed by atoms with van der Waals surface area (Å²) in [6.45, 7) is 4.15. The van der Waals surface area contributed by atoms with Gasteiger partial charge in [0.1, 0.15) is 6.10 Å². The fourth-order valence-corrected chi connectivity index (χ4v) is 2.50. The topological polar surface area (TPSA) is 66.8 Å². The number of hydrogen-bond acceptors (Lipinski definition) is 3. The molecule has 0 aromatic heterocycles. The molecule has 1 aliphatic rings. The van der Waals surface area contributed by atoms with Crippen molar-refractivity contribution in [2.45, 2.75) is 45.4 Å². The zero-order chi connectivity index (χ0) is 14.7. The van der Waals surface area contributed by atoms with Crippen LogP contribution in [0.3, 0.4) is 0 Å². The molecule has 2 rings (SSSR count). The van der Waals surface area contributed by atoms with E-state index < -0.39 is 24.2 Å². The fraction of sp³-hybridized carbons (Fsp3) is 0.467. The number of benzene rings is 1. The summed E-state index contributed by atoms with van der Waals surface area (Å²) >= 11 is 0. The van der Waals surface area contributed by atoms with Gasteiger partial charge in [-0.15, -0.1) is 0 Å². The smallest absolute Gasteiger partial charge is 0.411 e. The second kappa shape index (κ2) is 5.94. The number of cyclic esters (lactones) is 1. The number of carboxylic acids is 1. The number of carbonyl (C=O) groups is 2. The predicted octanol–water partition coefficient (Wildman–Crippen LogP) is 2.57. The molecule has 1 heterocycles. The third-order valence-electron chi connectivity index (χ3n) is 3.60. The quantitative estimate of drug-likeness (QED) is 0.898. The number of ether oxygens (including phenoxy) is 1. The zero-order valence-corrected chi connectivity index (χ0v) is 11.7. The zero-order valence-electron chi connectivity index (χ0n) is 11.7. The molecule has 1 aromatic rings. The van der Waals surface area contributed by atoms with Gasteiger partial charge in [0.05, 0.1) is 6.54 Å². The van der Waals surface area contributed by atoms with Gasteiger partial charge in [-0.05, 0) is 24.5 Å². The molecule has 2 atom stereocenters. The summed E-state index contributed by atoms with van der Waals surface area (Å²) in [5, 5.41) is 9.37. The Morgan fingerprint density at radius 1 is 1.40 bits per heavy atom. The van der Waals surface area contributed by atoms with E-state index in [2.05, 4.69) is 0 Å². The number of rotatable bonds is 5. The highest BCUT2D eigenvalue weighted by molar-refractivity contribution is 5.83. The molecule has 0 radical (unpaired) electrons. The molecule has 0 unspecified atom stereocenters. The van der Waals surface area contributed by atoms with E-state index in [0.717, 1.165) is 17.5 Å². The van der Waals surface area contributed by atoms with Gasteiger partial charge in [0.25, 0.3) is 0 Å². The van der Waals surface area contributed by atoms with E-state index >= 15 is 0 Å². The van der Waals surface area contributed by atoms with Crippen molar-refractivity contribution >= 4 is 12.1 Å². The Hall–Kier alpha value is -2.04. The van der Waals surface area contributed by atoms with E-state index in [-0.39, 0.29) is 6.54 Å². The van der Waals surface area contributed by atoms with Crippen molar-refractivity contribution in [2.24, 2.45) is 0 Å². The number of hydrogen-bond donors (Lipinski definition) is 1.